The summed E-state index contributed by atoms with van der Waals surface area (Å²) in [7, 11) is 1.45. The van der Waals surface area contributed by atoms with Gasteiger partial charge in [0, 0.05) is 19.2 Å². The van der Waals surface area contributed by atoms with E-state index in [1.54, 1.807) is 0 Å². The molecule has 0 unspecified atom stereocenters. The maximum absolute atomic E-state index is 13.6. The van der Waals surface area contributed by atoms with Crippen molar-refractivity contribution in [3.8, 4) is 23.8 Å². The lowest BCUT2D eigenvalue weighted by molar-refractivity contribution is 0.0521. The summed E-state index contributed by atoms with van der Waals surface area (Å²) in [5.74, 6) is 1.83. The van der Waals surface area contributed by atoms with Gasteiger partial charge < -0.3 is 14.6 Å². The first-order chi connectivity index (χ1) is 8.67. The van der Waals surface area contributed by atoms with Gasteiger partial charge in [0.05, 0.1) is 22.7 Å². The highest BCUT2D eigenvalue weighted by atomic mass is 19.1. The summed E-state index contributed by atoms with van der Waals surface area (Å²) >= 11 is 0. The molecule has 2 rings (SSSR count). The molecule has 0 aliphatic carbocycles. The summed E-state index contributed by atoms with van der Waals surface area (Å²) in [4.78, 5) is 3.87. The number of fused-ring (bicyclic) bond motifs is 1. The van der Waals surface area contributed by atoms with Gasteiger partial charge in [0.1, 0.15) is 11.5 Å². The third kappa shape index (κ3) is 2.06. The SMILES string of the molecule is C#Cc1c(F)cnc2cc(O)cc(OCOC)c12. The van der Waals surface area contributed by atoms with Crippen LogP contribution < -0.4 is 4.74 Å². The molecular formula is C13H10FNO3. The number of rotatable bonds is 3. The lowest BCUT2D eigenvalue weighted by atomic mass is 10.1. The maximum Gasteiger partial charge on any atom is 0.188 e. The maximum atomic E-state index is 13.6. The first-order valence-corrected chi connectivity index (χ1v) is 5.07. The van der Waals surface area contributed by atoms with Crippen molar-refractivity contribution in [2.75, 3.05) is 13.9 Å². The molecule has 0 aliphatic heterocycles. The van der Waals surface area contributed by atoms with Crippen LogP contribution in [0.15, 0.2) is 18.3 Å². The van der Waals surface area contributed by atoms with Crippen LogP contribution in [0.25, 0.3) is 10.9 Å². The van der Waals surface area contributed by atoms with Crippen LogP contribution in [0.5, 0.6) is 11.5 Å². The highest BCUT2D eigenvalue weighted by molar-refractivity contribution is 5.92. The predicted molar refractivity (Wildman–Crippen MR) is 63.8 cm³/mol. The van der Waals surface area contributed by atoms with Crippen molar-refractivity contribution in [2.45, 2.75) is 0 Å². The quantitative estimate of drug-likeness (QED) is 0.666. The zero-order valence-electron chi connectivity index (χ0n) is 9.61. The second-order valence-corrected chi connectivity index (χ2v) is 3.51. The number of methoxy groups -OCH3 is 1. The highest BCUT2D eigenvalue weighted by Gasteiger charge is 2.13. The number of ether oxygens (including phenoxy) is 2. The van der Waals surface area contributed by atoms with Gasteiger partial charge in [-0.25, -0.2) is 4.39 Å². The van der Waals surface area contributed by atoms with E-state index in [1.807, 2.05) is 0 Å². The summed E-state index contributed by atoms with van der Waals surface area (Å²) in [5, 5.41) is 9.88. The number of phenolic OH excluding ortho intramolecular Hbond substituents is 1. The van der Waals surface area contributed by atoms with Gasteiger partial charge >= 0.3 is 0 Å². The number of hydrogen-bond donors (Lipinski definition) is 1. The van der Waals surface area contributed by atoms with E-state index in [1.165, 1.54) is 19.2 Å². The Kier molecular flexibility index (Phi) is 3.31. The number of phenols is 1. The Labute approximate surface area is 103 Å². The van der Waals surface area contributed by atoms with Crippen LogP contribution in [0.3, 0.4) is 0 Å². The van der Waals surface area contributed by atoms with E-state index in [9.17, 15) is 9.50 Å². The van der Waals surface area contributed by atoms with Crippen LogP contribution in [0.4, 0.5) is 4.39 Å². The van der Waals surface area contributed by atoms with Crippen molar-refractivity contribution in [3.63, 3.8) is 0 Å². The number of hydrogen-bond acceptors (Lipinski definition) is 4. The molecule has 0 atom stereocenters. The molecule has 0 spiro atoms. The van der Waals surface area contributed by atoms with Crippen LogP contribution in [0.1, 0.15) is 5.56 Å². The van der Waals surface area contributed by atoms with E-state index < -0.39 is 5.82 Å². The minimum Gasteiger partial charge on any atom is -0.508 e. The van der Waals surface area contributed by atoms with E-state index >= 15 is 0 Å². The summed E-state index contributed by atoms with van der Waals surface area (Å²) in [5.41, 5.74) is 0.404. The zero-order chi connectivity index (χ0) is 13.1. The Hall–Kier alpha value is -2.32. The molecule has 0 saturated carbocycles. The van der Waals surface area contributed by atoms with Gasteiger partial charge in [-0.15, -0.1) is 6.42 Å². The summed E-state index contributed by atoms with van der Waals surface area (Å²) in [6.45, 7) is -0.0426. The molecule has 1 heterocycles. The van der Waals surface area contributed by atoms with Gasteiger partial charge in [0.25, 0.3) is 0 Å². The average molecular weight is 247 g/mol. The molecule has 1 aromatic carbocycles. The molecule has 1 N–H and O–H groups in total. The molecule has 4 nitrogen and oxygen atoms in total. The van der Waals surface area contributed by atoms with Crippen molar-refractivity contribution in [3.05, 3.63) is 29.7 Å². The summed E-state index contributed by atoms with van der Waals surface area (Å²) < 4.78 is 23.6. The lowest BCUT2D eigenvalue weighted by Gasteiger charge is -2.10. The first-order valence-electron chi connectivity index (χ1n) is 5.07. The molecule has 0 saturated heterocycles. The second-order valence-electron chi connectivity index (χ2n) is 3.51. The standard InChI is InChI=1S/C13H10FNO3/c1-3-9-10(14)6-15-11-4-8(16)5-12(13(9)11)18-7-17-2/h1,4-6,16H,7H2,2H3. The fourth-order valence-electron chi connectivity index (χ4n) is 1.63. The zero-order valence-corrected chi connectivity index (χ0v) is 9.61. The smallest absolute Gasteiger partial charge is 0.188 e. The van der Waals surface area contributed by atoms with Crippen LogP contribution in [0.2, 0.25) is 0 Å². The Balaban J connectivity index is 2.74. The molecule has 0 bridgehead atoms. The number of halogens is 1. The van der Waals surface area contributed by atoms with Crippen LogP contribution in [0, 0.1) is 18.2 Å². The highest BCUT2D eigenvalue weighted by Crippen LogP contribution is 2.32. The van der Waals surface area contributed by atoms with Gasteiger partial charge in [-0.05, 0) is 0 Å². The third-order valence-electron chi connectivity index (χ3n) is 2.35. The molecule has 5 heteroatoms. The molecule has 0 amide bonds. The Morgan fingerprint density at radius 3 is 2.94 bits per heavy atom. The number of terminal acetylenes is 1. The van der Waals surface area contributed by atoms with Crippen molar-refractivity contribution in [1.29, 1.82) is 0 Å². The molecule has 0 aliphatic rings. The summed E-state index contributed by atoms with van der Waals surface area (Å²) in [6.07, 6.45) is 6.30. The second kappa shape index (κ2) is 4.90. The van der Waals surface area contributed by atoms with Gasteiger partial charge in [0.2, 0.25) is 0 Å². The monoisotopic (exact) mass is 247 g/mol. The Bertz CT molecular complexity index is 634. The topological polar surface area (TPSA) is 51.6 Å². The average Bonchev–Trinajstić information content (AvgIpc) is 2.36. The van der Waals surface area contributed by atoms with Crippen molar-refractivity contribution < 1.29 is 19.0 Å². The molecule has 18 heavy (non-hydrogen) atoms. The number of aromatic hydroxyl groups is 1. The molecule has 2 aromatic rings. The van der Waals surface area contributed by atoms with E-state index in [-0.39, 0.29) is 23.9 Å². The van der Waals surface area contributed by atoms with Crippen LogP contribution in [-0.4, -0.2) is 24.0 Å². The minimum absolute atomic E-state index is 0.0426. The molecule has 0 radical (unpaired) electrons. The number of pyridine rings is 1. The fraction of sp³-hybridized carbons (Fsp3) is 0.154. The van der Waals surface area contributed by atoms with E-state index in [2.05, 4.69) is 10.9 Å². The van der Waals surface area contributed by atoms with E-state index in [0.29, 0.717) is 10.9 Å². The summed E-state index contributed by atoms with van der Waals surface area (Å²) in [6, 6.07) is 2.72. The lowest BCUT2D eigenvalue weighted by Crippen LogP contribution is -2.01. The van der Waals surface area contributed by atoms with Gasteiger partial charge in [-0.1, -0.05) is 5.92 Å². The van der Waals surface area contributed by atoms with Crippen molar-refractivity contribution >= 4 is 10.9 Å². The number of aromatic nitrogens is 1. The van der Waals surface area contributed by atoms with Crippen molar-refractivity contribution in [1.82, 2.24) is 4.98 Å². The molecule has 0 fully saturated rings. The first kappa shape index (κ1) is 12.1. The fourth-order valence-corrected chi connectivity index (χ4v) is 1.63. The predicted octanol–water partition coefficient (Wildman–Crippen LogP) is 2.04. The third-order valence-corrected chi connectivity index (χ3v) is 2.35. The normalized spacial score (nSPS) is 10.3. The van der Waals surface area contributed by atoms with Gasteiger partial charge in [-0.2, -0.15) is 0 Å². The molecule has 1 aromatic heterocycles. The number of nitrogens with zero attached hydrogens (tertiary/aromatic N) is 1. The van der Waals surface area contributed by atoms with Gasteiger partial charge in [0.15, 0.2) is 12.6 Å². The van der Waals surface area contributed by atoms with E-state index in [0.717, 1.165) is 6.20 Å². The van der Waals surface area contributed by atoms with Crippen LogP contribution >= 0.6 is 0 Å². The Morgan fingerprint density at radius 1 is 1.50 bits per heavy atom. The van der Waals surface area contributed by atoms with Crippen LogP contribution in [-0.2, 0) is 4.74 Å². The largest absolute Gasteiger partial charge is 0.508 e. The number of benzene rings is 1. The van der Waals surface area contributed by atoms with Crippen molar-refractivity contribution in [2.24, 2.45) is 0 Å². The molecular weight excluding hydrogens is 237 g/mol. The minimum atomic E-state index is -0.613. The Morgan fingerprint density at radius 2 is 2.28 bits per heavy atom. The van der Waals surface area contributed by atoms with E-state index in [4.69, 9.17) is 15.9 Å². The molecule has 92 valence electrons. The van der Waals surface area contributed by atoms with Gasteiger partial charge in [-0.3, -0.25) is 4.98 Å².